The second-order valence-corrected chi connectivity index (χ2v) is 4.99. The van der Waals surface area contributed by atoms with Crippen molar-refractivity contribution < 1.29 is 14.3 Å². The molecule has 112 valence electrons. The molecule has 20 heavy (non-hydrogen) atoms. The van der Waals surface area contributed by atoms with E-state index in [9.17, 15) is 4.79 Å². The third-order valence-corrected chi connectivity index (χ3v) is 3.56. The van der Waals surface area contributed by atoms with Gasteiger partial charge in [0.05, 0.1) is 18.9 Å². The summed E-state index contributed by atoms with van der Waals surface area (Å²) in [5, 5.41) is 14.1. The van der Waals surface area contributed by atoms with Gasteiger partial charge in [-0.2, -0.15) is 0 Å². The van der Waals surface area contributed by atoms with Gasteiger partial charge >= 0.3 is 6.03 Å². The van der Waals surface area contributed by atoms with Crippen molar-refractivity contribution in [1.29, 1.82) is 0 Å². The summed E-state index contributed by atoms with van der Waals surface area (Å²) in [5.41, 5.74) is 0. The second kappa shape index (κ2) is 7.91. The first-order chi connectivity index (χ1) is 9.81. The number of rotatable bonds is 6. The summed E-state index contributed by atoms with van der Waals surface area (Å²) in [4.78, 5) is 13.9. The Morgan fingerprint density at radius 3 is 2.80 bits per heavy atom. The third kappa shape index (κ3) is 4.25. The molecule has 0 radical (unpaired) electrons. The van der Waals surface area contributed by atoms with Crippen molar-refractivity contribution in [3.05, 3.63) is 24.2 Å². The lowest BCUT2D eigenvalue weighted by Crippen LogP contribution is -2.44. The molecule has 0 bridgehead atoms. The molecule has 0 unspecified atom stereocenters. The number of carbonyl (C=O) groups excluding carboxylic acids is 1. The molecule has 0 saturated carbocycles. The summed E-state index contributed by atoms with van der Waals surface area (Å²) in [7, 11) is 0. The highest BCUT2D eigenvalue weighted by Gasteiger charge is 2.24. The van der Waals surface area contributed by atoms with E-state index in [1.165, 1.54) is 19.3 Å². The van der Waals surface area contributed by atoms with Crippen LogP contribution in [0, 0.1) is 0 Å². The van der Waals surface area contributed by atoms with Crippen molar-refractivity contribution in [1.82, 2.24) is 15.5 Å². The molecule has 6 heteroatoms. The number of amides is 2. The number of furan rings is 1. The van der Waals surface area contributed by atoms with Gasteiger partial charge in [0.1, 0.15) is 5.76 Å². The van der Waals surface area contributed by atoms with Gasteiger partial charge in [-0.1, -0.05) is 6.42 Å². The number of likely N-dealkylation sites (tertiary alicyclic amines) is 1. The van der Waals surface area contributed by atoms with Crippen LogP contribution in [0.25, 0.3) is 0 Å². The van der Waals surface area contributed by atoms with Crippen molar-refractivity contribution in [2.45, 2.75) is 25.3 Å². The fourth-order valence-electron chi connectivity index (χ4n) is 2.54. The van der Waals surface area contributed by atoms with Gasteiger partial charge in [0, 0.05) is 13.1 Å². The number of piperidine rings is 1. The van der Waals surface area contributed by atoms with Crippen LogP contribution in [-0.2, 0) is 0 Å². The highest BCUT2D eigenvalue weighted by atomic mass is 16.3. The highest BCUT2D eigenvalue weighted by molar-refractivity contribution is 5.73. The lowest BCUT2D eigenvalue weighted by atomic mass is 10.1. The number of carbonyl (C=O) groups is 1. The number of urea groups is 1. The average Bonchev–Trinajstić information content (AvgIpc) is 3.00. The molecule has 2 heterocycles. The normalized spacial score (nSPS) is 17.6. The van der Waals surface area contributed by atoms with Crippen LogP contribution in [0.2, 0.25) is 0 Å². The molecule has 0 spiro atoms. The molecule has 2 rings (SSSR count). The second-order valence-electron chi connectivity index (χ2n) is 4.99. The predicted molar refractivity (Wildman–Crippen MR) is 75.4 cm³/mol. The summed E-state index contributed by atoms with van der Waals surface area (Å²) >= 11 is 0. The van der Waals surface area contributed by atoms with Crippen molar-refractivity contribution in [3.63, 3.8) is 0 Å². The minimum atomic E-state index is -0.257. The van der Waals surface area contributed by atoms with Gasteiger partial charge in [-0.15, -0.1) is 0 Å². The molecular formula is C14H23N3O3. The van der Waals surface area contributed by atoms with E-state index in [0.717, 1.165) is 18.8 Å². The smallest absolute Gasteiger partial charge is 0.314 e. The Hall–Kier alpha value is -1.53. The molecule has 0 aliphatic carbocycles. The molecule has 1 aliphatic rings. The minimum absolute atomic E-state index is 0.0544. The summed E-state index contributed by atoms with van der Waals surface area (Å²) in [6, 6.07) is 3.64. The van der Waals surface area contributed by atoms with E-state index in [-0.39, 0.29) is 25.2 Å². The summed E-state index contributed by atoms with van der Waals surface area (Å²) in [6.07, 6.45) is 5.31. The largest absolute Gasteiger partial charge is 0.468 e. The van der Waals surface area contributed by atoms with E-state index in [4.69, 9.17) is 9.52 Å². The molecular weight excluding hydrogens is 258 g/mol. The maximum Gasteiger partial charge on any atom is 0.314 e. The van der Waals surface area contributed by atoms with Crippen LogP contribution in [0.15, 0.2) is 22.8 Å². The molecule has 2 amide bonds. The SMILES string of the molecule is O=C(NCCO)NC[C@@H](c1ccco1)N1CCCCC1. The zero-order chi connectivity index (χ0) is 14.2. The topological polar surface area (TPSA) is 77.7 Å². The van der Waals surface area contributed by atoms with E-state index >= 15 is 0 Å². The zero-order valence-corrected chi connectivity index (χ0v) is 11.7. The first-order valence-electron chi connectivity index (χ1n) is 7.21. The van der Waals surface area contributed by atoms with Gasteiger partial charge in [0.25, 0.3) is 0 Å². The number of nitrogens with zero attached hydrogens (tertiary/aromatic N) is 1. The van der Waals surface area contributed by atoms with Crippen LogP contribution in [0.3, 0.4) is 0 Å². The zero-order valence-electron chi connectivity index (χ0n) is 11.7. The Kier molecular flexibility index (Phi) is 5.88. The van der Waals surface area contributed by atoms with E-state index in [0.29, 0.717) is 6.54 Å². The fraction of sp³-hybridized carbons (Fsp3) is 0.643. The standard InChI is InChI=1S/C14H23N3O3/c18-9-6-15-14(19)16-11-12(13-5-4-10-20-13)17-7-2-1-3-8-17/h4-5,10,12,18H,1-3,6-9,11H2,(H2,15,16,19)/t12-/m0/s1. The molecule has 1 aliphatic heterocycles. The van der Waals surface area contributed by atoms with Crippen molar-refractivity contribution in [2.75, 3.05) is 32.8 Å². The molecule has 1 fully saturated rings. The Morgan fingerprint density at radius 1 is 1.35 bits per heavy atom. The molecule has 1 atom stereocenters. The third-order valence-electron chi connectivity index (χ3n) is 3.56. The molecule has 1 aromatic rings. The Morgan fingerprint density at radius 2 is 2.15 bits per heavy atom. The first-order valence-corrected chi connectivity index (χ1v) is 7.21. The van der Waals surface area contributed by atoms with Crippen LogP contribution in [0.1, 0.15) is 31.1 Å². The Balaban J connectivity index is 1.91. The lowest BCUT2D eigenvalue weighted by molar-refractivity contribution is 0.143. The number of aliphatic hydroxyl groups excluding tert-OH is 1. The molecule has 1 saturated heterocycles. The predicted octanol–water partition coefficient (Wildman–Crippen LogP) is 1.10. The Labute approximate surface area is 119 Å². The summed E-state index contributed by atoms with van der Waals surface area (Å²) in [6.45, 7) is 2.78. The van der Waals surface area contributed by atoms with E-state index in [1.807, 2.05) is 12.1 Å². The van der Waals surface area contributed by atoms with E-state index in [1.54, 1.807) is 6.26 Å². The lowest BCUT2D eigenvalue weighted by Gasteiger charge is -2.33. The van der Waals surface area contributed by atoms with Gasteiger partial charge in [0.2, 0.25) is 0 Å². The minimum Gasteiger partial charge on any atom is -0.468 e. The highest BCUT2D eigenvalue weighted by Crippen LogP contribution is 2.24. The Bertz CT molecular complexity index is 388. The van der Waals surface area contributed by atoms with Gasteiger partial charge in [0.15, 0.2) is 0 Å². The molecule has 0 aromatic carbocycles. The van der Waals surface area contributed by atoms with E-state index in [2.05, 4.69) is 15.5 Å². The van der Waals surface area contributed by atoms with Gasteiger partial charge in [-0.3, -0.25) is 4.90 Å². The van der Waals surface area contributed by atoms with Crippen molar-refractivity contribution in [2.24, 2.45) is 0 Å². The van der Waals surface area contributed by atoms with Crippen LogP contribution in [0.5, 0.6) is 0 Å². The maximum atomic E-state index is 11.6. The van der Waals surface area contributed by atoms with Crippen LogP contribution in [0.4, 0.5) is 4.79 Å². The average molecular weight is 281 g/mol. The first kappa shape index (κ1) is 14.9. The quantitative estimate of drug-likeness (QED) is 0.729. The number of hydrogen-bond donors (Lipinski definition) is 3. The van der Waals surface area contributed by atoms with Gasteiger partial charge < -0.3 is 20.2 Å². The molecule has 3 N–H and O–H groups in total. The fourth-order valence-corrected chi connectivity index (χ4v) is 2.54. The van der Waals surface area contributed by atoms with Crippen LogP contribution in [-0.4, -0.2) is 48.8 Å². The van der Waals surface area contributed by atoms with Crippen molar-refractivity contribution >= 4 is 6.03 Å². The van der Waals surface area contributed by atoms with Gasteiger partial charge in [-0.05, 0) is 38.1 Å². The number of aliphatic hydroxyl groups is 1. The van der Waals surface area contributed by atoms with Crippen molar-refractivity contribution in [3.8, 4) is 0 Å². The molecule has 1 aromatic heterocycles. The number of nitrogens with one attached hydrogen (secondary N) is 2. The summed E-state index contributed by atoms with van der Waals surface area (Å²) < 4.78 is 5.51. The number of hydrogen-bond acceptors (Lipinski definition) is 4. The maximum absolute atomic E-state index is 11.6. The molecule has 6 nitrogen and oxygen atoms in total. The summed E-state index contributed by atoms with van der Waals surface area (Å²) in [5.74, 6) is 0.884. The van der Waals surface area contributed by atoms with Crippen LogP contribution < -0.4 is 10.6 Å². The monoisotopic (exact) mass is 281 g/mol. The van der Waals surface area contributed by atoms with Gasteiger partial charge in [-0.25, -0.2) is 4.79 Å². The van der Waals surface area contributed by atoms with E-state index < -0.39 is 0 Å². The van der Waals surface area contributed by atoms with Crippen LogP contribution >= 0.6 is 0 Å².